The molecule has 0 spiro atoms. The van der Waals surface area contributed by atoms with Gasteiger partial charge in [-0.15, -0.1) is 0 Å². The smallest absolute Gasteiger partial charge is 0.339 e. The SMILES string of the molecule is Cc1cccc(C(=O)N(C)Cc2cc(C(=O)O)c(C)o2)c1[N+](=O)[O-]. The molecule has 2 rings (SSSR count). The first kappa shape index (κ1) is 17.2. The molecule has 1 aromatic heterocycles. The molecular weight excluding hydrogens is 316 g/mol. The highest BCUT2D eigenvalue weighted by atomic mass is 16.6. The number of para-hydroxylation sites is 1. The quantitative estimate of drug-likeness (QED) is 0.665. The Kier molecular flexibility index (Phi) is 4.68. The van der Waals surface area contributed by atoms with Crippen molar-refractivity contribution in [3.63, 3.8) is 0 Å². The van der Waals surface area contributed by atoms with Crippen LogP contribution in [-0.2, 0) is 6.54 Å². The van der Waals surface area contributed by atoms with E-state index in [2.05, 4.69) is 0 Å². The number of hydrogen-bond donors (Lipinski definition) is 1. The number of carbonyl (C=O) groups excluding carboxylic acids is 1. The molecule has 8 heteroatoms. The van der Waals surface area contributed by atoms with Gasteiger partial charge in [-0.2, -0.15) is 0 Å². The van der Waals surface area contributed by atoms with Gasteiger partial charge in [0.1, 0.15) is 22.6 Å². The number of carboxylic acid groups (broad SMARTS) is 1. The Morgan fingerprint density at radius 2 is 1.96 bits per heavy atom. The van der Waals surface area contributed by atoms with Crippen molar-refractivity contribution >= 4 is 17.6 Å². The van der Waals surface area contributed by atoms with Crippen LogP contribution >= 0.6 is 0 Å². The lowest BCUT2D eigenvalue weighted by Crippen LogP contribution is -2.26. The normalized spacial score (nSPS) is 10.5. The number of rotatable bonds is 5. The predicted molar refractivity (Wildman–Crippen MR) is 84.0 cm³/mol. The first-order chi connectivity index (χ1) is 11.2. The van der Waals surface area contributed by atoms with Crippen LogP contribution in [0.3, 0.4) is 0 Å². The van der Waals surface area contributed by atoms with E-state index in [0.29, 0.717) is 5.56 Å². The predicted octanol–water partition coefficient (Wildman–Crippen LogP) is 2.78. The van der Waals surface area contributed by atoms with Crippen molar-refractivity contribution in [3.05, 3.63) is 62.6 Å². The number of aromatic carboxylic acids is 1. The second-order valence-electron chi connectivity index (χ2n) is 5.38. The van der Waals surface area contributed by atoms with Gasteiger partial charge < -0.3 is 14.4 Å². The van der Waals surface area contributed by atoms with E-state index in [1.54, 1.807) is 19.1 Å². The fourth-order valence-electron chi connectivity index (χ4n) is 2.42. The largest absolute Gasteiger partial charge is 0.478 e. The van der Waals surface area contributed by atoms with Crippen molar-refractivity contribution in [2.24, 2.45) is 0 Å². The molecular formula is C16H16N2O6. The molecule has 0 atom stereocenters. The third-order valence-corrected chi connectivity index (χ3v) is 3.59. The number of carboxylic acids is 1. The van der Waals surface area contributed by atoms with Crippen LogP contribution in [0.1, 0.15) is 37.8 Å². The summed E-state index contributed by atoms with van der Waals surface area (Å²) in [5.41, 5.74) is 0.147. The topological polar surface area (TPSA) is 114 Å². The molecule has 1 amide bonds. The van der Waals surface area contributed by atoms with Crippen LogP contribution in [0, 0.1) is 24.0 Å². The lowest BCUT2D eigenvalue weighted by atomic mass is 10.1. The van der Waals surface area contributed by atoms with Crippen LogP contribution in [0.2, 0.25) is 0 Å². The first-order valence-electron chi connectivity index (χ1n) is 7.04. The first-order valence-corrected chi connectivity index (χ1v) is 7.04. The number of benzene rings is 1. The monoisotopic (exact) mass is 332 g/mol. The summed E-state index contributed by atoms with van der Waals surface area (Å²) in [7, 11) is 1.46. The summed E-state index contributed by atoms with van der Waals surface area (Å²) in [5.74, 6) is -1.14. The van der Waals surface area contributed by atoms with E-state index in [4.69, 9.17) is 9.52 Å². The van der Waals surface area contributed by atoms with Crippen molar-refractivity contribution in [2.75, 3.05) is 7.05 Å². The molecule has 0 saturated carbocycles. The molecule has 1 N–H and O–H groups in total. The summed E-state index contributed by atoms with van der Waals surface area (Å²) in [6.45, 7) is 3.07. The summed E-state index contributed by atoms with van der Waals surface area (Å²) >= 11 is 0. The second kappa shape index (κ2) is 6.53. The molecule has 0 aliphatic carbocycles. The van der Waals surface area contributed by atoms with Gasteiger partial charge in [-0.1, -0.05) is 12.1 Å². The zero-order valence-corrected chi connectivity index (χ0v) is 13.4. The highest BCUT2D eigenvalue weighted by Gasteiger charge is 2.25. The second-order valence-corrected chi connectivity index (χ2v) is 5.38. The molecule has 8 nitrogen and oxygen atoms in total. The van der Waals surface area contributed by atoms with Gasteiger partial charge in [-0.25, -0.2) is 4.79 Å². The Balaban J connectivity index is 2.28. The minimum Gasteiger partial charge on any atom is -0.478 e. The molecule has 1 aromatic carbocycles. The minimum atomic E-state index is -1.12. The fraction of sp³-hybridized carbons (Fsp3) is 0.250. The lowest BCUT2D eigenvalue weighted by Gasteiger charge is -2.16. The Morgan fingerprint density at radius 3 is 2.50 bits per heavy atom. The van der Waals surface area contributed by atoms with Gasteiger partial charge in [-0.3, -0.25) is 14.9 Å². The van der Waals surface area contributed by atoms with Crippen LogP contribution in [0.25, 0.3) is 0 Å². The van der Waals surface area contributed by atoms with Gasteiger partial charge in [0.25, 0.3) is 11.6 Å². The average Bonchev–Trinajstić information content (AvgIpc) is 2.86. The van der Waals surface area contributed by atoms with Gasteiger partial charge in [0, 0.05) is 12.6 Å². The lowest BCUT2D eigenvalue weighted by molar-refractivity contribution is -0.385. The maximum Gasteiger partial charge on any atom is 0.339 e. The molecule has 2 aromatic rings. The average molecular weight is 332 g/mol. The number of aryl methyl sites for hydroxylation is 2. The molecule has 0 bridgehead atoms. The summed E-state index contributed by atoms with van der Waals surface area (Å²) < 4.78 is 5.33. The van der Waals surface area contributed by atoms with Gasteiger partial charge in [0.05, 0.1) is 11.5 Å². The highest BCUT2D eigenvalue weighted by Crippen LogP contribution is 2.25. The van der Waals surface area contributed by atoms with Crippen LogP contribution in [0.4, 0.5) is 5.69 Å². The number of hydrogen-bond acceptors (Lipinski definition) is 5. The fourth-order valence-corrected chi connectivity index (χ4v) is 2.42. The zero-order chi connectivity index (χ0) is 18.0. The van der Waals surface area contributed by atoms with E-state index in [1.807, 2.05) is 0 Å². The Morgan fingerprint density at radius 1 is 1.29 bits per heavy atom. The standard InChI is InChI=1S/C16H16N2O6/c1-9-5-4-6-12(14(9)18(22)23)15(19)17(3)8-11-7-13(16(20)21)10(2)24-11/h4-7H,8H2,1-3H3,(H,20,21). The van der Waals surface area contributed by atoms with E-state index >= 15 is 0 Å². The molecule has 0 saturated heterocycles. The molecule has 1 heterocycles. The number of amides is 1. The molecule has 0 radical (unpaired) electrons. The number of carbonyl (C=O) groups is 2. The third kappa shape index (κ3) is 3.27. The van der Waals surface area contributed by atoms with E-state index in [-0.39, 0.29) is 34.9 Å². The maximum atomic E-state index is 12.5. The van der Waals surface area contributed by atoms with Crippen LogP contribution < -0.4 is 0 Å². The number of nitrogens with zero attached hydrogens (tertiary/aromatic N) is 2. The molecule has 0 aliphatic rings. The van der Waals surface area contributed by atoms with E-state index < -0.39 is 16.8 Å². The maximum absolute atomic E-state index is 12.5. The summed E-state index contributed by atoms with van der Waals surface area (Å²) in [6.07, 6.45) is 0. The molecule has 126 valence electrons. The van der Waals surface area contributed by atoms with Crippen LogP contribution in [0.5, 0.6) is 0 Å². The Bertz CT molecular complexity index is 824. The molecule has 0 fully saturated rings. The van der Waals surface area contributed by atoms with Gasteiger partial charge in [0.2, 0.25) is 0 Å². The van der Waals surface area contributed by atoms with Gasteiger partial charge in [-0.05, 0) is 26.0 Å². The molecule has 0 unspecified atom stereocenters. The third-order valence-electron chi connectivity index (χ3n) is 3.59. The summed E-state index contributed by atoms with van der Waals surface area (Å²) in [4.78, 5) is 35.4. The van der Waals surface area contributed by atoms with E-state index in [9.17, 15) is 19.7 Å². The number of furan rings is 1. The van der Waals surface area contributed by atoms with Crippen molar-refractivity contribution < 1.29 is 24.0 Å². The summed E-state index contributed by atoms with van der Waals surface area (Å²) in [6, 6.07) is 5.86. The van der Waals surface area contributed by atoms with Crippen molar-refractivity contribution in [1.82, 2.24) is 4.90 Å². The van der Waals surface area contributed by atoms with E-state index in [1.165, 1.54) is 31.0 Å². The van der Waals surface area contributed by atoms with Crippen molar-refractivity contribution in [2.45, 2.75) is 20.4 Å². The highest BCUT2D eigenvalue weighted by molar-refractivity contribution is 5.98. The number of nitro groups is 1. The molecule has 0 aliphatic heterocycles. The van der Waals surface area contributed by atoms with Gasteiger partial charge in [0.15, 0.2) is 0 Å². The van der Waals surface area contributed by atoms with Gasteiger partial charge >= 0.3 is 5.97 Å². The van der Waals surface area contributed by atoms with Crippen molar-refractivity contribution in [1.29, 1.82) is 0 Å². The Hall–Kier alpha value is -3.16. The van der Waals surface area contributed by atoms with Crippen LogP contribution in [-0.4, -0.2) is 33.9 Å². The van der Waals surface area contributed by atoms with Crippen LogP contribution in [0.15, 0.2) is 28.7 Å². The summed E-state index contributed by atoms with van der Waals surface area (Å²) in [5, 5.41) is 20.2. The zero-order valence-electron chi connectivity index (χ0n) is 13.4. The van der Waals surface area contributed by atoms with Crippen molar-refractivity contribution in [3.8, 4) is 0 Å². The van der Waals surface area contributed by atoms with E-state index in [0.717, 1.165) is 0 Å². The molecule has 24 heavy (non-hydrogen) atoms. The number of nitro benzene ring substituents is 1. The Labute approximate surface area is 137 Å². The minimum absolute atomic E-state index is 0.00193.